The molecule has 0 aliphatic heterocycles. The molecule has 2 aromatic rings. The Morgan fingerprint density at radius 3 is 2.62 bits per heavy atom. The number of benzene rings is 2. The quantitative estimate of drug-likeness (QED) is 0.812. The molecule has 0 atom stereocenters. The Labute approximate surface area is 129 Å². The predicted molar refractivity (Wildman–Crippen MR) is 80.5 cm³/mol. The van der Waals surface area contributed by atoms with Crippen LogP contribution in [0.4, 0.5) is 15.8 Å². The summed E-state index contributed by atoms with van der Waals surface area (Å²) in [7, 11) is -3.96. The van der Waals surface area contributed by atoms with Crippen molar-refractivity contribution in [3.05, 3.63) is 52.3 Å². The van der Waals surface area contributed by atoms with Crippen LogP contribution in [0.3, 0.4) is 0 Å². The molecule has 0 aliphatic rings. The van der Waals surface area contributed by atoms with E-state index in [1.165, 1.54) is 6.07 Å². The Kier molecular flexibility index (Phi) is 4.16. The summed E-state index contributed by atoms with van der Waals surface area (Å²) in [6.07, 6.45) is 0. The maximum absolute atomic E-state index is 13.2. The first-order chi connectivity index (χ1) is 9.83. The molecule has 0 aromatic heterocycles. The molecule has 0 bridgehead atoms. The summed E-state index contributed by atoms with van der Waals surface area (Å²) in [5.41, 5.74) is 5.89. The third-order valence-corrected chi connectivity index (χ3v) is 4.66. The monoisotopic (exact) mass is 369 g/mol. The van der Waals surface area contributed by atoms with Crippen LogP contribution in [0.2, 0.25) is 0 Å². The SMILES string of the molecule is N#Cc1cc(S(=O)(=O)Nc2cc(N)ccc2Br)ccc1F. The third kappa shape index (κ3) is 3.32. The number of hydrogen-bond donors (Lipinski definition) is 2. The van der Waals surface area contributed by atoms with Gasteiger partial charge in [0, 0.05) is 10.2 Å². The van der Waals surface area contributed by atoms with Gasteiger partial charge in [-0.1, -0.05) is 0 Å². The fourth-order valence-corrected chi connectivity index (χ4v) is 3.16. The van der Waals surface area contributed by atoms with Crippen molar-refractivity contribution in [2.75, 3.05) is 10.5 Å². The Morgan fingerprint density at radius 2 is 1.95 bits per heavy atom. The van der Waals surface area contributed by atoms with E-state index in [1.54, 1.807) is 18.2 Å². The third-order valence-electron chi connectivity index (χ3n) is 2.60. The van der Waals surface area contributed by atoms with Crippen LogP contribution in [0.5, 0.6) is 0 Å². The number of nitrogens with two attached hydrogens (primary N) is 1. The van der Waals surface area contributed by atoms with Gasteiger partial charge in [0.2, 0.25) is 0 Å². The molecule has 0 saturated heterocycles. The molecule has 0 heterocycles. The minimum absolute atomic E-state index is 0.213. The van der Waals surface area contributed by atoms with Crippen LogP contribution in [-0.2, 0) is 10.0 Å². The summed E-state index contributed by atoms with van der Waals surface area (Å²) >= 11 is 3.20. The van der Waals surface area contributed by atoms with Crippen molar-refractivity contribution in [1.29, 1.82) is 5.26 Å². The molecule has 0 unspecified atom stereocenters. The average Bonchev–Trinajstić information content (AvgIpc) is 2.43. The smallest absolute Gasteiger partial charge is 0.261 e. The van der Waals surface area contributed by atoms with Crippen LogP contribution in [-0.4, -0.2) is 8.42 Å². The molecule has 0 spiro atoms. The van der Waals surface area contributed by atoms with Gasteiger partial charge in [0.05, 0.1) is 16.1 Å². The van der Waals surface area contributed by atoms with E-state index in [2.05, 4.69) is 20.7 Å². The molecule has 2 aromatic carbocycles. The number of nitrogen functional groups attached to an aromatic ring is 1. The van der Waals surface area contributed by atoms with Crippen LogP contribution < -0.4 is 10.5 Å². The molecule has 8 heteroatoms. The lowest BCUT2D eigenvalue weighted by Crippen LogP contribution is -2.14. The molecule has 0 fully saturated rings. The van der Waals surface area contributed by atoms with Crippen molar-refractivity contribution in [2.24, 2.45) is 0 Å². The molecule has 0 aliphatic carbocycles. The summed E-state index contributed by atoms with van der Waals surface area (Å²) in [6.45, 7) is 0. The average molecular weight is 370 g/mol. The summed E-state index contributed by atoms with van der Waals surface area (Å²) < 4.78 is 40.6. The number of anilines is 2. The van der Waals surface area contributed by atoms with Gasteiger partial charge in [0.15, 0.2) is 0 Å². The highest BCUT2D eigenvalue weighted by Gasteiger charge is 2.17. The molecule has 0 radical (unpaired) electrons. The molecule has 108 valence electrons. The lowest BCUT2D eigenvalue weighted by molar-refractivity contribution is 0.599. The van der Waals surface area contributed by atoms with Crippen molar-refractivity contribution in [1.82, 2.24) is 0 Å². The molecule has 21 heavy (non-hydrogen) atoms. The summed E-state index contributed by atoms with van der Waals surface area (Å²) in [5, 5.41) is 8.75. The second kappa shape index (κ2) is 5.71. The highest BCUT2D eigenvalue weighted by atomic mass is 79.9. The van der Waals surface area contributed by atoms with Crippen LogP contribution in [0.15, 0.2) is 45.8 Å². The van der Waals surface area contributed by atoms with E-state index < -0.39 is 15.8 Å². The lowest BCUT2D eigenvalue weighted by Gasteiger charge is -2.10. The Balaban J connectivity index is 2.44. The molecule has 2 rings (SSSR count). The Morgan fingerprint density at radius 1 is 1.24 bits per heavy atom. The van der Waals surface area contributed by atoms with Crippen molar-refractivity contribution in [2.45, 2.75) is 4.90 Å². The second-order valence-corrected chi connectivity index (χ2v) is 6.63. The van der Waals surface area contributed by atoms with Gasteiger partial charge in [-0.3, -0.25) is 4.72 Å². The van der Waals surface area contributed by atoms with Gasteiger partial charge >= 0.3 is 0 Å². The van der Waals surface area contributed by atoms with E-state index >= 15 is 0 Å². The summed E-state index contributed by atoms with van der Waals surface area (Å²) in [5.74, 6) is -0.776. The topological polar surface area (TPSA) is 96.0 Å². The molecule has 0 amide bonds. The normalized spacial score (nSPS) is 10.9. The number of hydrogen-bond acceptors (Lipinski definition) is 4. The van der Waals surface area contributed by atoms with Crippen molar-refractivity contribution in [3.63, 3.8) is 0 Å². The predicted octanol–water partition coefficient (Wildman–Crippen LogP) is 2.84. The number of rotatable bonds is 3. The van der Waals surface area contributed by atoms with Crippen LogP contribution in [0.25, 0.3) is 0 Å². The zero-order chi connectivity index (χ0) is 15.6. The number of sulfonamides is 1. The first-order valence-electron chi connectivity index (χ1n) is 5.61. The van der Waals surface area contributed by atoms with E-state index in [-0.39, 0.29) is 16.1 Å². The van der Waals surface area contributed by atoms with Gasteiger partial charge in [-0.05, 0) is 52.3 Å². The van der Waals surface area contributed by atoms with Crippen molar-refractivity contribution < 1.29 is 12.8 Å². The summed E-state index contributed by atoms with van der Waals surface area (Å²) in [6, 6.07) is 9.22. The van der Waals surface area contributed by atoms with Gasteiger partial charge < -0.3 is 5.73 Å². The van der Waals surface area contributed by atoms with Crippen LogP contribution >= 0.6 is 15.9 Å². The van der Waals surface area contributed by atoms with E-state index in [0.29, 0.717) is 10.2 Å². The van der Waals surface area contributed by atoms with Crippen molar-refractivity contribution in [3.8, 4) is 6.07 Å². The zero-order valence-corrected chi connectivity index (χ0v) is 12.9. The van der Waals surface area contributed by atoms with Crippen LogP contribution in [0, 0.1) is 17.1 Å². The fraction of sp³-hybridized carbons (Fsp3) is 0. The van der Waals surface area contributed by atoms with Gasteiger partial charge in [0.25, 0.3) is 10.0 Å². The molecular formula is C13H9BrFN3O2S. The van der Waals surface area contributed by atoms with Gasteiger partial charge in [-0.25, -0.2) is 12.8 Å². The number of nitrogens with zero attached hydrogens (tertiary/aromatic N) is 1. The van der Waals surface area contributed by atoms with Gasteiger partial charge in [0.1, 0.15) is 11.9 Å². The van der Waals surface area contributed by atoms with Gasteiger partial charge in [-0.2, -0.15) is 5.26 Å². The molecule has 3 N–H and O–H groups in total. The standard InChI is InChI=1S/C13H9BrFN3O2S/c14-11-3-1-9(17)6-13(11)18-21(19,20)10-2-4-12(15)8(5-10)7-16/h1-6,18H,17H2. The number of halogens is 2. The zero-order valence-electron chi connectivity index (χ0n) is 10.5. The first kappa shape index (κ1) is 15.3. The first-order valence-corrected chi connectivity index (χ1v) is 7.88. The summed E-state index contributed by atoms with van der Waals surface area (Å²) in [4.78, 5) is -0.213. The van der Waals surface area contributed by atoms with E-state index in [0.717, 1.165) is 18.2 Å². The largest absolute Gasteiger partial charge is 0.399 e. The highest BCUT2D eigenvalue weighted by molar-refractivity contribution is 9.10. The lowest BCUT2D eigenvalue weighted by atomic mass is 10.2. The number of nitriles is 1. The van der Waals surface area contributed by atoms with Crippen molar-refractivity contribution >= 4 is 37.3 Å². The minimum Gasteiger partial charge on any atom is -0.399 e. The Hall–Kier alpha value is -2.11. The van der Waals surface area contributed by atoms with E-state index in [1.807, 2.05) is 0 Å². The highest BCUT2D eigenvalue weighted by Crippen LogP contribution is 2.27. The van der Waals surface area contributed by atoms with Gasteiger partial charge in [-0.15, -0.1) is 0 Å². The maximum Gasteiger partial charge on any atom is 0.261 e. The van der Waals surface area contributed by atoms with E-state index in [9.17, 15) is 12.8 Å². The minimum atomic E-state index is -3.96. The fourth-order valence-electron chi connectivity index (χ4n) is 1.58. The Bertz CT molecular complexity index is 847. The molecular weight excluding hydrogens is 361 g/mol. The second-order valence-electron chi connectivity index (χ2n) is 4.10. The number of nitrogens with one attached hydrogen (secondary N) is 1. The molecule has 0 saturated carbocycles. The van der Waals surface area contributed by atoms with E-state index in [4.69, 9.17) is 11.0 Å². The maximum atomic E-state index is 13.2. The van der Waals surface area contributed by atoms with Crippen LogP contribution in [0.1, 0.15) is 5.56 Å². The molecule has 5 nitrogen and oxygen atoms in total.